The zero-order chi connectivity index (χ0) is 17.2. The van der Waals surface area contributed by atoms with Crippen LogP contribution >= 0.6 is 11.3 Å². The molecule has 1 amide bonds. The third-order valence-electron chi connectivity index (χ3n) is 4.69. The second-order valence-electron chi connectivity index (χ2n) is 6.58. The Bertz CT molecular complexity index is 672. The monoisotopic (exact) mass is 372 g/mol. The van der Waals surface area contributed by atoms with Crippen molar-refractivity contribution >= 4 is 27.3 Å². The van der Waals surface area contributed by atoms with Crippen LogP contribution in [0.1, 0.15) is 42.3 Å². The SMILES string of the molecule is CC1CCN(S(=O)(=O)c2csc(C(=O)NCC3CCCO3)c2)CC1. The largest absolute Gasteiger partial charge is 0.376 e. The fourth-order valence-electron chi connectivity index (χ4n) is 3.05. The molecule has 1 unspecified atom stereocenters. The highest BCUT2D eigenvalue weighted by molar-refractivity contribution is 7.89. The molecule has 0 saturated carbocycles. The Morgan fingerprint density at radius 2 is 2.12 bits per heavy atom. The summed E-state index contributed by atoms with van der Waals surface area (Å²) in [6.07, 6.45) is 3.83. The quantitative estimate of drug-likeness (QED) is 0.859. The molecule has 2 aliphatic heterocycles. The van der Waals surface area contributed by atoms with Gasteiger partial charge in [-0.1, -0.05) is 6.92 Å². The summed E-state index contributed by atoms with van der Waals surface area (Å²) < 4.78 is 32.4. The standard InChI is InChI=1S/C16H24N2O4S2/c1-12-4-6-18(7-5-12)24(20,21)14-9-15(23-11-14)16(19)17-10-13-3-2-8-22-13/h9,11-13H,2-8,10H2,1H3,(H,17,19). The van der Waals surface area contributed by atoms with Crippen molar-refractivity contribution in [1.29, 1.82) is 0 Å². The number of carbonyl (C=O) groups is 1. The van der Waals surface area contributed by atoms with Gasteiger partial charge in [0, 0.05) is 31.6 Å². The van der Waals surface area contributed by atoms with E-state index in [1.54, 1.807) is 5.38 Å². The zero-order valence-electron chi connectivity index (χ0n) is 13.9. The summed E-state index contributed by atoms with van der Waals surface area (Å²) in [5.41, 5.74) is 0. The molecule has 2 saturated heterocycles. The lowest BCUT2D eigenvalue weighted by Crippen LogP contribution is -2.37. The van der Waals surface area contributed by atoms with Crippen molar-refractivity contribution in [3.63, 3.8) is 0 Å². The molecule has 3 rings (SSSR count). The van der Waals surface area contributed by atoms with E-state index in [9.17, 15) is 13.2 Å². The molecular weight excluding hydrogens is 348 g/mol. The van der Waals surface area contributed by atoms with Gasteiger partial charge in [0.2, 0.25) is 10.0 Å². The van der Waals surface area contributed by atoms with E-state index in [-0.39, 0.29) is 16.9 Å². The maximum absolute atomic E-state index is 12.7. The van der Waals surface area contributed by atoms with Gasteiger partial charge < -0.3 is 10.1 Å². The minimum atomic E-state index is -3.49. The van der Waals surface area contributed by atoms with Crippen LogP contribution in [0.5, 0.6) is 0 Å². The van der Waals surface area contributed by atoms with E-state index in [0.717, 1.165) is 32.3 Å². The maximum Gasteiger partial charge on any atom is 0.261 e. The highest BCUT2D eigenvalue weighted by Gasteiger charge is 2.29. The number of nitrogens with zero attached hydrogens (tertiary/aromatic N) is 1. The molecule has 8 heteroatoms. The molecule has 0 bridgehead atoms. The summed E-state index contributed by atoms with van der Waals surface area (Å²) in [4.78, 5) is 12.9. The van der Waals surface area contributed by atoms with Crippen molar-refractivity contribution in [3.8, 4) is 0 Å². The number of piperidine rings is 1. The van der Waals surface area contributed by atoms with Crippen LogP contribution in [0.4, 0.5) is 0 Å². The Morgan fingerprint density at radius 3 is 2.79 bits per heavy atom. The number of sulfonamides is 1. The molecule has 2 aliphatic rings. The van der Waals surface area contributed by atoms with E-state index in [0.29, 0.717) is 30.4 Å². The van der Waals surface area contributed by atoms with Gasteiger partial charge in [-0.3, -0.25) is 4.79 Å². The topological polar surface area (TPSA) is 75.7 Å². The van der Waals surface area contributed by atoms with Crippen LogP contribution < -0.4 is 5.32 Å². The van der Waals surface area contributed by atoms with Crippen LogP contribution in [-0.2, 0) is 14.8 Å². The van der Waals surface area contributed by atoms with Gasteiger partial charge in [-0.15, -0.1) is 11.3 Å². The highest BCUT2D eigenvalue weighted by atomic mass is 32.2. The van der Waals surface area contributed by atoms with Gasteiger partial charge in [0.15, 0.2) is 0 Å². The molecule has 0 aliphatic carbocycles. The second-order valence-corrected chi connectivity index (χ2v) is 9.43. The van der Waals surface area contributed by atoms with Gasteiger partial charge in [0.05, 0.1) is 15.9 Å². The number of carbonyl (C=O) groups excluding carboxylic acids is 1. The van der Waals surface area contributed by atoms with Gasteiger partial charge in [-0.25, -0.2) is 8.42 Å². The van der Waals surface area contributed by atoms with Gasteiger partial charge in [0.25, 0.3) is 5.91 Å². The van der Waals surface area contributed by atoms with Crippen molar-refractivity contribution < 1.29 is 17.9 Å². The summed E-state index contributed by atoms with van der Waals surface area (Å²) >= 11 is 1.17. The first-order valence-corrected chi connectivity index (χ1v) is 10.8. The zero-order valence-corrected chi connectivity index (χ0v) is 15.5. The number of hydrogen-bond donors (Lipinski definition) is 1. The van der Waals surface area contributed by atoms with Crippen molar-refractivity contribution in [2.45, 2.75) is 43.6 Å². The Kier molecular flexibility index (Phi) is 5.59. The van der Waals surface area contributed by atoms with Crippen LogP contribution in [0.2, 0.25) is 0 Å². The maximum atomic E-state index is 12.7. The van der Waals surface area contributed by atoms with E-state index < -0.39 is 10.0 Å². The molecule has 1 aromatic heterocycles. The lowest BCUT2D eigenvalue weighted by Gasteiger charge is -2.29. The van der Waals surface area contributed by atoms with Crippen LogP contribution in [-0.4, -0.2) is 51.0 Å². The normalized spacial score (nSPS) is 23.5. The number of hydrogen-bond acceptors (Lipinski definition) is 5. The van der Waals surface area contributed by atoms with Gasteiger partial charge >= 0.3 is 0 Å². The predicted octanol–water partition coefficient (Wildman–Crippen LogP) is 2.08. The van der Waals surface area contributed by atoms with E-state index in [2.05, 4.69) is 12.2 Å². The van der Waals surface area contributed by atoms with Crippen LogP contribution in [0, 0.1) is 5.92 Å². The number of thiophene rings is 1. The minimum Gasteiger partial charge on any atom is -0.376 e. The fraction of sp³-hybridized carbons (Fsp3) is 0.688. The lowest BCUT2D eigenvalue weighted by atomic mass is 10.0. The van der Waals surface area contributed by atoms with Crippen molar-refractivity contribution in [3.05, 3.63) is 16.3 Å². The second kappa shape index (κ2) is 7.51. The Balaban J connectivity index is 1.62. The summed E-state index contributed by atoms with van der Waals surface area (Å²) in [6.45, 7) is 4.48. The molecule has 3 heterocycles. The van der Waals surface area contributed by atoms with Crippen LogP contribution in [0.3, 0.4) is 0 Å². The molecule has 1 N–H and O–H groups in total. The molecule has 1 atom stereocenters. The Hall–Kier alpha value is -0.960. The number of nitrogens with one attached hydrogen (secondary N) is 1. The first-order chi connectivity index (χ1) is 11.5. The predicted molar refractivity (Wildman–Crippen MR) is 92.8 cm³/mol. The van der Waals surface area contributed by atoms with Crippen LogP contribution in [0.15, 0.2) is 16.3 Å². The van der Waals surface area contributed by atoms with E-state index in [4.69, 9.17) is 4.74 Å². The molecule has 134 valence electrons. The van der Waals surface area contributed by atoms with Crippen LogP contribution in [0.25, 0.3) is 0 Å². The Labute approximate surface area is 147 Å². The third kappa shape index (κ3) is 3.99. The smallest absolute Gasteiger partial charge is 0.261 e. The van der Waals surface area contributed by atoms with Crippen molar-refractivity contribution in [1.82, 2.24) is 9.62 Å². The summed E-state index contributed by atoms with van der Waals surface area (Å²) in [6, 6.07) is 1.49. The van der Waals surface area contributed by atoms with Gasteiger partial charge in [-0.2, -0.15) is 4.31 Å². The van der Waals surface area contributed by atoms with Crippen molar-refractivity contribution in [2.24, 2.45) is 5.92 Å². The molecule has 6 nitrogen and oxygen atoms in total. The minimum absolute atomic E-state index is 0.0763. The summed E-state index contributed by atoms with van der Waals surface area (Å²) in [5.74, 6) is 0.335. The first-order valence-electron chi connectivity index (χ1n) is 8.45. The van der Waals surface area contributed by atoms with Crippen molar-refractivity contribution in [2.75, 3.05) is 26.2 Å². The molecule has 0 radical (unpaired) electrons. The number of amides is 1. The average molecular weight is 373 g/mol. The summed E-state index contributed by atoms with van der Waals surface area (Å²) in [5, 5.41) is 4.39. The first kappa shape index (κ1) is 17.8. The molecule has 2 fully saturated rings. The van der Waals surface area contributed by atoms with Gasteiger partial charge in [0.1, 0.15) is 0 Å². The summed E-state index contributed by atoms with van der Waals surface area (Å²) in [7, 11) is -3.49. The van der Waals surface area contributed by atoms with E-state index >= 15 is 0 Å². The Morgan fingerprint density at radius 1 is 1.38 bits per heavy atom. The molecule has 1 aromatic rings. The molecule has 0 aromatic carbocycles. The highest BCUT2D eigenvalue weighted by Crippen LogP contribution is 2.26. The van der Waals surface area contributed by atoms with E-state index in [1.807, 2.05) is 0 Å². The number of ether oxygens (including phenoxy) is 1. The number of rotatable bonds is 5. The van der Waals surface area contributed by atoms with Gasteiger partial charge in [-0.05, 0) is 37.7 Å². The lowest BCUT2D eigenvalue weighted by molar-refractivity contribution is 0.0861. The van der Waals surface area contributed by atoms with E-state index in [1.165, 1.54) is 21.7 Å². The molecule has 0 spiro atoms. The fourth-order valence-corrected chi connectivity index (χ4v) is 5.69. The average Bonchev–Trinajstić information content (AvgIpc) is 3.25. The third-order valence-corrected chi connectivity index (χ3v) is 7.65. The molecule has 24 heavy (non-hydrogen) atoms. The molecular formula is C16H24N2O4S2.